The highest BCUT2D eigenvalue weighted by molar-refractivity contribution is 8.00. The monoisotopic (exact) mass is 311 g/mol. The molecule has 7 heteroatoms. The molecule has 1 saturated heterocycles. The number of carbonyl (C=O) groups excluding carboxylic acids is 1. The molecule has 0 N–H and O–H groups in total. The molecular formula is C13H14ClN3O2S. The van der Waals surface area contributed by atoms with E-state index in [1.54, 1.807) is 34.7 Å². The number of aryl methyl sites for hydroxylation is 2. The third-order valence-electron chi connectivity index (χ3n) is 3.32. The maximum absolute atomic E-state index is 12.1. The number of amides is 1. The molecule has 1 aliphatic rings. The van der Waals surface area contributed by atoms with E-state index in [0.29, 0.717) is 17.5 Å². The van der Waals surface area contributed by atoms with Crippen LogP contribution in [-0.4, -0.2) is 26.3 Å². The SMILES string of the molecule is Cc1nn(C)c(Cl)c1C1SCC(=O)N1Cc1ccco1. The van der Waals surface area contributed by atoms with Gasteiger partial charge in [-0.05, 0) is 19.1 Å². The fourth-order valence-corrected chi connectivity index (χ4v) is 3.99. The highest BCUT2D eigenvalue weighted by atomic mass is 35.5. The Balaban J connectivity index is 1.93. The predicted molar refractivity (Wildman–Crippen MR) is 77.4 cm³/mol. The van der Waals surface area contributed by atoms with Gasteiger partial charge in [-0.15, -0.1) is 11.8 Å². The highest BCUT2D eigenvalue weighted by Gasteiger charge is 2.36. The number of aromatic nitrogens is 2. The number of halogens is 1. The molecule has 3 rings (SSSR count). The molecule has 2 aromatic heterocycles. The second kappa shape index (κ2) is 5.18. The molecule has 5 nitrogen and oxygen atoms in total. The van der Waals surface area contributed by atoms with Gasteiger partial charge in [-0.2, -0.15) is 5.10 Å². The largest absolute Gasteiger partial charge is 0.467 e. The molecule has 1 amide bonds. The Kier molecular flexibility index (Phi) is 3.52. The smallest absolute Gasteiger partial charge is 0.234 e. The standard InChI is InChI=1S/C13H14ClN3O2S/c1-8-11(12(14)16(2)15-8)13-17(10(18)7-20-13)6-9-4-3-5-19-9/h3-5,13H,6-7H2,1-2H3. The van der Waals surface area contributed by atoms with Crippen molar-refractivity contribution in [1.82, 2.24) is 14.7 Å². The van der Waals surface area contributed by atoms with Crippen LogP contribution in [0.4, 0.5) is 0 Å². The minimum absolute atomic E-state index is 0.0933. The maximum Gasteiger partial charge on any atom is 0.234 e. The first kappa shape index (κ1) is 13.6. The molecule has 20 heavy (non-hydrogen) atoms. The van der Waals surface area contributed by atoms with E-state index in [4.69, 9.17) is 16.0 Å². The number of hydrogen-bond donors (Lipinski definition) is 0. The Hall–Kier alpha value is -1.40. The lowest BCUT2D eigenvalue weighted by molar-refractivity contribution is -0.128. The van der Waals surface area contributed by atoms with Crippen LogP contribution in [0.2, 0.25) is 5.15 Å². The molecule has 1 fully saturated rings. The number of hydrogen-bond acceptors (Lipinski definition) is 4. The summed E-state index contributed by atoms with van der Waals surface area (Å²) in [6, 6.07) is 3.69. The summed E-state index contributed by atoms with van der Waals surface area (Å²) in [4.78, 5) is 13.9. The number of nitrogens with zero attached hydrogens (tertiary/aromatic N) is 3. The van der Waals surface area contributed by atoms with Crippen LogP contribution in [0.3, 0.4) is 0 Å². The lowest BCUT2D eigenvalue weighted by Gasteiger charge is -2.23. The second-order valence-electron chi connectivity index (χ2n) is 4.68. The van der Waals surface area contributed by atoms with Gasteiger partial charge in [-0.1, -0.05) is 11.6 Å². The molecule has 2 aromatic rings. The molecule has 0 aromatic carbocycles. The van der Waals surface area contributed by atoms with Gasteiger partial charge in [0, 0.05) is 12.6 Å². The predicted octanol–water partition coefficient (Wildman–Crippen LogP) is 2.75. The van der Waals surface area contributed by atoms with Gasteiger partial charge in [0.2, 0.25) is 5.91 Å². The zero-order chi connectivity index (χ0) is 14.3. The Morgan fingerprint density at radius 2 is 2.40 bits per heavy atom. The number of thioether (sulfide) groups is 1. The van der Waals surface area contributed by atoms with Gasteiger partial charge >= 0.3 is 0 Å². The second-order valence-corrected chi connectivity index (χ2v) is 6.10. The van der Waals surface area contributed by atoms with Crippen LogP contribution in [0, 0.1) is 6.92 Å². The molecule has 0 bridgehead atoms. The van der Waals surface area contributed by atoms with Crippen molar-refractivity contribution in [3.8, 4) is 0 Å². The summed E-state index contributed by atoms with van der Waals surface area (Å²) < 4.78 is 6.98. The van der Waals surface area contributed by atoms with E-state index < -0.39 is 0 Å². The average Bonchev–Trinajstić information content (AvgIpc) is 3.08. The molecule has 1 unspecified atom stereocenters. The summed E-state index contributed by atoms with van der Waals surface area (Å²) in [6.07, 6.45) is 1.61. The zero-order valence-corrected chi connectivity index (χ0v) is 12.7. The van der Waals surface area contributed by atoms with Crippen LogP contribution in [-0.2, 0) is 18.4 Å². The Labute approximate surface area is 125 Å². The molecule has 3 heterocycles. The summed E-state index contributed by atoms with van der Waals surface area (Å²) in [5.41, 5.74) is 1.77. The van der Waals surface area contributed by atoms with Crippen molar-refractivity contribution in [3.63, 3.8) is 0 Å². The zero-order valence-electron chi connectivity index (χ0n) is 11.2. The first-order valence-corrected chi connectivity index (χ1v) is 7.63. The third kappa shape index (κ3) is 2.23. The lowest BCUT2D eigenvalue weighted by Crippen LogP contribution is -2.27. The van der Waals surface area contributed by atoms with Gasteiger partial charge in [0.15, 0.2) is 0 Å². The van der Waals surface area contributed by atoms with E-state index in [2.05, 4.69) is 5.10 Å². The minimum Gasteiger partial charge on any atom is -0.467 e. The van der Waals surface area contributed by atoms with Crippen LogP contribution >= 0.6 is 23.4 Å². The van der Waals surface area contributed by atoms with Crippen molar-refractivity contribution in [2.75, 3.05) is 5.75 Å². The Bertz CT molecular complexity index is 638. The van der Waals surface area contributed by atoms with Crippen molar-refractivity contribution in [2.24, 2.45) is 7.05 Å². The third-order valence-corrected chi connectivity index (χ3v) is 4.99. The average molecular weight is 312 g/mol. The van der Waals surface area contributed by atoms with E-state index in [1.807, 2.05) is 19.1 Å². The normalized spacial score (nSPS) is 19.1. The minimum atomic E-state index is -0.103. The van der Waals surface area contributed by atoms with E-state index in [1.165, 1.54) is 0 Å². The van der Waals surface area contributed by atoms with Gasteiger partial charge in [0.05, 0.1) is 24.3 Å². The first-order valence-electron chi connectivity index (χ1n) is 6.20. The number of furan rings is 1. The van der Waals surface area contributed by atoms with Crippen LogP contribution in [0.1, 0.15) is 22.4 Å². The summed E-state index contributed by atoms with van der Waals surface area (Å²) in [5, 5.41) is 4.80. The molecule has 106 valence electrons. The van der Waals surface area contributed by atoms with Crippen LogP contribution < -0.4 is 0 Å². The van der Waals surface area contributed by atoms with Gasteiger partial charge in [0.25, 0.3) is 0 Å². The van der Waals surface area contributed by atoms with Crippen LogP contribution in [0.15, 0.2) is 22.8 Å². The van der Waals surface area contributed by atoms with Gasteiger partial charge < -0.3 is 9.32 Å². The number of rotatable bonds is 3. The van der Waals surface area contributed by atoms with E-state index in [0.717, 1.165) is 17.0 Å². The quantitative estimate of drug-likeness (QED) is 0.874. The van der Waals surface area contributed by atoms with Crippen molar-refractivity contribution in [1.29, 1.82) is 0 Å². The van der Waals surface area contributed by atoms with Gasteiger partial charge in [0.1, 0.15) is 16.3 Å². The number of carbonyl (C=O) groups is 1. The maximum atomic E-state index is 12.1. The molecular weight excluding hydrogens is 298 g/mol. The first-order chi connectivity index (χ1) is 9.58. The van der Waals surface area contributed by atoms with Gasteiger partial charge in [-0.3, -0.25) is 9.48 Å². The van der Waals surface area contributed by atoms with E-state index >= 15 is 0 Å². The molecule has 0 radical (unpaired) electrons. The Morgan fingerprint density at radius 1 is 1.60 bits per heavy atom. The van der Waals surface area contributed by atoms with Crippen molar-refractivity contribution < 1.29 is 9.21 Å². The summed E-state index contributed by atoms with van der Waals surface area (Å²) in [5.74, 6) is 1.31. The summed E-state index contributed by atoms with van der Waals surface area (Å²) >= 11 is 7.89. The van der Waals surface area contributed by atoms with E-state index in [9.17, 15) is 4.79 Å². The van der Waals surface area contributed by atoms with Crippen molar-refractivity contribution >= 4 is 29.3 Å². The summed E-state index contributed by atoms with van der Waals surface area (Å²) in [6.45, 7) is 2.36. The highest BCUT2D eigenvalue weighted by Crippen LogP contribution is 2.43. The van der Waals surface area contributed by atoms with Crippen molar-refractivity contribution in [2.45, 2.75) is 18.8 Å². The summed E-state index contributed by atoms with van der Waals surface area (Å²) in [7, 11) is 1.80. The van der Waals surface area contributed by atoms with Gasteiger partial charge in [-0.25, -0.2) is 0 Å². The molecule has 0 saturated carbocycles. The lowest BCUT2D eigenvalue weighted by atomic mass is 10.2. The molecule has 0 spiro atoms. The van der Waals surface area contributed by atoms with Crippen LogP contribution in [0.25, 0.3) is 0 Å². The molecule has 1 aliphatic heterocycles. The van der Waals surface area contributed by atoms with Crippen LogP contribution in [0.5, 0.6) is 0 Å². The molecule has 1 atom stereocenters. The molecule has 0 aliphatic carbocycles. The van der Waals surface area contributed by atoms with Crippen molar-refractivity contribution in [3.05, 3.63) is 40.6 Å². The van der Waals surface area contributed by atoms with E-state index in [-0.39, 0.29) is 11.3 Å². The Morgan fingerprint density at radius 3 is 3.00 bits per heavy atom. The fraction of sp³-hybridized carbons (Fsp3) is 0.385. The topological polar surface area (TPSA) is 51.3 Å². The fourth-order valence-electron chi connectivity index (χ4n) is 2.36.